The van der Waals surface area contributed by atoms with Crippen LogP contribution in [0.4, 0.5) is 0 Å². The fraction of sp³-hybridized carbons (Fsp3) is 0.545. The number of fused-ring (bicyclic) bond motifs is 3. The van der Waals surface area contributed by atoms with Gasteiger partial charge >= 0.3 is 0 Å². The summed E-state index contributed by atoms with van der Waals surface area (Å²) in [5.74, 6) is 1.97. The third kappa shape index (κ3) is 3.91. The molecule has 0 aromatic rings. The topological polar surface area (TPSA) is 83.1 Å². The summed E-state index contributed by atoms with van der Waals surface area (Å²) in [5, 5.41) is 3.03. The molecule has 3 unspecified atom stereocenters. The largest absolute Gasteiger partial charge is 0.497 e. The van der Waals surface area contributed by atoms with Crippen LogP contribution in [0.25, 0.3) is 0 Å². The maximum Gasteiger partial charge on any atom is 0.220 e. The predicted molar refractivity (Wildman–Crippen MR) is 106 cm³/mol. The van der Waals surface area contributed by atoms with E-state index >= 15 is 0 Å². The second-order valence-electron chi connectivity index (χ2n) is 7.48. The van der Waals surface area contributed by atoms with Gasteiger partial charge in [-0.15, -0.1) is 0 Å². The van der Waals surface area contributed by atoms with Gasteiger partial charge in [0.2, 0.25) is 11.7 Å². The van der Waals surface area contributed by atoms with Crippen LogP contribution in [0.5, 0.6) is 0 Å². The van der Waals surface area contributed by atoms with Gasteiger partial charge in [0.25, 0.3) is 0 Å². The molecule has 3 aliphatic carbocycles. The van der Waals surface area contributed by atoms with E-state index in [1.807, 2.05) is 6.08 Å². The standard InChI is InChI=1S/C22H29NO6/c1-12(24)23-16-8-6-13-10-19(27-3)21(28-4)22(29-5)20(13)14-7-9-18(26-2)17(25)11-15(14)16/h9-11,13-14,16,20H,6-8H2,1-5H3,(H,23,24)/t13?,14?,16-,20?/m0/s1. The molecule has 0 heterocycles. The van der Waals surface area contributed by atoms with Gasteiger partial charge in [0.15, 0.2) is 17.3 Å². The predicted octanol–water partition coefficient (Wildman–Crippen LogP) is 2.61. The SMILES string of the molecule is COC1=CCC2C(=CC1=O)[C@@H](NC(C)=O)CCC1C=C(OC)C(OC)=C(OC)C12. The Balaban J connectivity index is 2.15. The van der Waals surface area contributed by atoms with E-state index < -0.39 is 0 Å². The van der Waals surface area contributed by atoms with Crippen molar-refractivity contribution in [2.45, 2.75) is 32.2 Å². The van der Waals surface area contributed by atoms with Crippen LogP contribution < -0.4 is 5.32 Å². The number of hydrogen-bond acceptors (Lipinski definition) is 6. The van der Waals surface area contributed by atoms with Crippen molar-refractivity contribution in [3.63, 3.8) is 0 Å². The zero-order chi connectivity index (χ0) is 21.1. The molecule has 1 N–H and O–H groups in total. The second kappa shape index (κ2) is 8.76. The van der Waals surface area contributed by atoms with Crippen molar-refractivity contribution in [3.05, 3.63) is 46.8 Å². The quantitative estimate of drug-likeness (QED) is 0.760. The molecular formula is C22H29NO6. The molecule has 7 heteroatoms. The minimum absolute atomic E-state index is 0.0425. The molecule has 1 fully saturated rings. The summed E-state index contributed by atoms with van der Waals surface area (Å²) in [6, 6.07) is -0.222. The van der Waals surface area contributed by atoms with Crippen LogP contribution in [0, 0.1) is 17.8 Å². The van der Waals surface area contributed by atoms with Gasteiger partial charge in [0, 0.05) is 12.8 Å². The monoisotopic (exact) mass is 403 g/mol. The van der Waals surface area contributed by atoms with E-state index in [1.165, 1.54) is 14.0 Å². The average Bonchev–Trinajstić information content (AvgIpc) is 2.95. The van der Waals surface area contributed by atoms with Crippen LogP contribution >= 0.6 is 0 Å². The summed E-state index contributed by atoms with van der Waals surface area (Å²) in [6.45, 7) is 1.50. The Morgan fingerprint density at radius 1 is 1.03 bits per heavy atom. The van der Waals surface area contributed by atoms with Crippen LogP contribution in [0.1, 0.15) is 26.2 Å². The molecule has 1 amide bonds. The summed E-state index contributed by atoms with van der Waals surface area (Å²) in [5.41, 5.74) is 0.903. The number of hydrogen-bond donors (Lipinski definition) is 1. The highest BCUT2D eigenvalue weighted by Crippen LogP contribution is 2.49. The number of amides is 1. The fourth-order valence-corrected chi connectivity index (χ4v) is 4.80. The molecule has 3 rings (SSSR count). The minimum Gasteiger partial charge on any atom is -0.497 e. The van der Waals surface area contributed by atoms with E-state index in [9.17, 15) is 9.59 Å². The van der Waals surface area contributed by atoms with E-state index in [0.29, 0.717) is 35.9 Å². The highest BCUT2D eigenvalue weighted by molar-refractivity contribution is 6.03. The maximum absolute atomic E-state index is 12.7. The van der Waals surface area contributed by atoms with Gasteiger partial charge in [-0.05, 0) is 54.9 Å². The molecule has 158 valence electrons. The van der Waals surface area contributed by atoms with Gasteiger partial charge in [-0.3, -0.25) is 9.59 Å². The lowest BCUT2D eigenvalue weighted by atomic mass is 9.73. The molecular weight excluding hydrogens is 374 g/mol. The van der Waals surface area contributed by atoms with E-state index in [-0.39, 0.29) is 35.5 Å². The summed E-state index contributed by atoms with van der Waals surface area (Å²) >= 11 is 0. The Bertz CT molecular complexity index is 806. The third-order valence-electron chi connectivity index (χ3n) is 5.97. The second-order valence-corrected chi connectivity index (χ2v) is 7.48. The number of carbonyl (C=O) groups excluding carboxylic acids is 2. The molecule has 3 aliphatic rings. The zero-order valence-corrected chi connectivity index (χ0v) is 17.6. The number of nitrogens with one attached hydrogen (secondary N) is 1. The molecule has 7 nitrogen and oxygen atoms in total. The Hall–Kier alpha value is -2.70. The van der Waals surface area contributed by atoms with Crippen molar-refractivity contribution < 1.29 is 28.5 Å². The van der Waals surface area contributed by atoms with Gasteiger partial charge in [-0.25, -0.2) is 0 Å². The van der Waals surface area contributed by atoms with Crippen LogP contribution in [-0.4, -0.2) is 46.2 Å². The summed E-state index contributed by atoms with van der Waals surface area (Å²) < 4.78 is 22.3. The molecule has 0 aliphatic heterocycles. The Morgan fingerprint density at radius 3 is 2.34 bits per heavy atom. The normalized spacial score (nSPS) is 29.1. The lowest BCUT2D eigenvalue weighted by molar-refractivity contribution is -0.119. The summed E-state index contributed by atoms with van der Waals surface area (Å²) in [4.78, 5) is 24.6. The van der Waals surface area contributed by atoms with Crippen molar-refractivity contribution in [1.82, 2.24) is 5.32 Å². The first kappa shape index (κ1) is 21.0. The van der Waals surface area contributed by atoms with Crippen molar-refractivity contribution >= 4 is 11.7 Å². The first-order valence-corrected chi connectivity index (χ1v) is 9.80. The summed E-state index contributed by atoms with van der Waals surface area (Å²) in [6.07, 6.45) is 7.66. The maximum atomic E-state index is 12.7. The highest BCUT2D eigenvalue weighted by Gasteiger charge is 2.45. The Morgan fingerprint density at radius 2 is 1.76 bits per heavy atom. The minimum atomic E-state index is -0.222. The van der Waals surface area contributed by atoms with E-state index in [0.717, 1.165) is 12.0 Å². The van der Waals surface area contributed by atoms with Gasteiger partial charge in [-0.1, -0.05) is 0 Å². The molecule has 0 radical (unpaired) electrons. The molecule has 29 heavy (non-hydrogen) atoms. The molecule has 4 atom stereocenters. The number of carbonyl (C=O) groups is 2. The van der Waals surface area contributed by atoms with Crippen molar-refractivity contribution in [3.8, 4) is 0 Å². The van der Waals surface area contributed by atoms with Crippen LogP contribution in [0.15, 0.2) is 46.8 Å². The third-order valence-corrected chi connectivity index (χ3v) is 5.97. The number of ketones is 1. The molecule has 0 spiro atoms. The van der Waals surface area contributed by atoms with E-state index in [1.54, 1.807) is 27.4 Å². The lowest BCUT2D eigenvalue weighted by Crippen LogP contribution is -2.37. The molecule has 0 aromatic heterocycles. The molecule has 0 saturated heterocycles. The number of methoxy groups -OCH3 is 4. The Kier molecular flexibility index (Phi) is 6.35. The van der Waals surface area contributed by atoms with Crippen LogP contribution in [0.3, 0.4) is 0 Å². The number of ether oxygens (including phenoxy) is 4. The van der Waals surface area contributed by atoms with E-state index in [2.05, 4.69) is 11.4 Å². The highest BCUT2D eigenvalue weighted by atomic mass is 16.5. The van der Waals surface area contributed by atoms with E-state index in [4.69, 9.17) is 18.9 Å². The van der Waals surface area contributed by atoms with Crippen molar-refractivity contribution in [2.24, 2.45) is 17.8 Å². The van der Waals surface area contributed by atoms with Gasteiger partial charge < -0.3 is 24.3 Å². The van der Waals surface area contributed by atoms with Crippen LogP contribution in [0.2, 0.25) is 0 Å². The number of allylic oxidation sites excluding steroid dienone is 4. The average molecular weight is 403 g/mol. The first-order chi connectivity index (χ1) is 13.9. The Labute approximate surface area is 171 Å². The fourth-order valence-electron chi connectivity index (χ4n) is 4.80. The van der Waals surface area contributed by atoms with Gasteiger partial charge in [0.05, 0.1) is 34.5 Å². The van der Waals surface area contributed by atoms with Gasteiger partial charge in [-0.2, -0.15) is 0 Å². The molecule has 1 saturated carbocycles. The molecule has 0 aromatic carbocycles. The first-order valence-electron chi connectivity index (χ1n) is 9.80. The van der Waals surface area contributed by atoms with Crippen LogP contribution in [-0.2, 0) is 28.5 Å². The van der Waals surface area contributed by atoms with Gasteiger partial charge in [0.1, 0.15) is 5.76 Å². The smallest absolute Gasteiger partial charge is 0.220 e. The molecule has 0 bridgehead atoms. The zero-order valence-electron chi connectivity index (χ0n) is 17.6. The lowest BCUT2D eigenvalue weighted by Gasteiger charge is -2.36. The van der Waals surface area contributed by atoms with Crippen molar-refractivity contribution in [2.75, 3.05) is 28.4 Å². The number of rotatable bonds is 5. The summed E-state index contributed by atoms with van der Waals surface area (Å²) in [7, 11) is 6.32. The van der Waals surface area contributed by atoms with Crippen molar-refractivity contribution in [1.29, 1.82) is 0 Å².